The molecule has 2 atom stereocenters. The lowest BCUT2D eigenvalue weighted by Crippen LogP contribution is -2.49. The molecule has 2 aliphatic rings. The van der Waals surface area contributed by atoms with Crippen LogP contribution in [0.1, 0.15) is 12.0 Å². The Hall–Kier alpha value is -1.98. The van der Waals surface area contributed by atoms with Gasteiger partial charge in [-0.05, 0) is 23.8 Å². The average molecular weight is 327 g/mol. The van der Waals surface area contributed by atoms with Crippen LogP contribution in [-0.2, 0) is 6.54 Å². The molecule has 3 heterocycles. The minimum atomic E-state index is -0.245. The number of hydrogen-bond donors (Lipinski definition) is 0. The summed E-state index contributed by atoms with van der Waals surface area (Å²) in [5.41, 5.74) is 1.26. The van der Waals surface area contributed by atoms with Crippen molar-refractivity contribution in [2.45, 2.75) is 25.1 Å². The number of fused-ring (bicyclic) bond motifs is 1. The monoisotopic (exact) mass is 327 g/mol. The summed E-state index contributed by atoms with van der Waals surface area (Å²) in [6.07, 6.45) is 4.90. The van der Waals surface area contributed by atoms with Crippen molar-refractivity contribution in [3.05, 3.63) is 60.2 Å². The molecule has 2 aromatic rings. The molecule has 0 radical (unpaired) electrons. The largest absolute Gasteiger partial charge is 0.489 e. The van der Waals surface area contributed by atoms with Gasteiger partial charge in [0.2, 0.25) is 0 Å². The maximum atomic E-state index is 13.3. The van der Waals surface area contributed by atoms with Gasteiger partial charge < -0.3 is 4.74 Å². The summed E-state index contributed by atoms with van der Waals surface area (Å²) in [6.45, 7) is 5.07. The van der Waals surface area contributed by atoms with Crippen LogP contribution in [0.15, 0.2) is 48.8 Å². The van der Waals surface area contributed by atoms with Gasteiger partial charge in [0.1, 0.15) is 17.7 Å². The number of pyridine rings is 1. The predicted octanol–water partition coefficient (Wildman–Crippen LogP) is 2.56. The Kier molecular flexibility index (Phi) is 4.45. The van der Waals surface area contributed by atoms with Gasteiger partial charge in [0.15, 0.2) is 0 Å². The zero-order valence-corrected chi connectivity index (χ0v) is 13.6. The van der Waals surface area contributed by atoms with Crippen molar-refractivity contribution in [1.29, 1.82) is 0 Å². The third kappa shape index (κ3) is 3.57. The van der Waals surface area contributed by atoms with E-state index in [0.29, 0.717) is 11.8 Å². The molecular weight excluding hydrogens is 305 g/mol. The zero-order chi connectivity index (χ0) is 16.4. The summed E-state index contributed by atoms with van der Waals surface area (Å²) in [4.78, 5) is 9.19. The number of halogens is 1. The highest BCUT2D eigenvalue weighted by Gasteiger charge is 2.37. The predicted molar refractivity (Wildman–Crippen MR) is 90.3 cm³/mol. The summed E-state index contributed by atoms with van der Waals surface area (Å²) in [5.74, 6) is 0.387. The lowest BCUT2D eigenvalue weighted by molar-refractivity contribution is 0.0978. The molecule has 2 saturated heterocycles. The van der Waals surface area contributed by atoms with Crippen LogP contribution in [0.5, 0.6) is 5.75 Å². The molecule has 1 aromatic heterocycles. The first-order valence-corrected chi connectivity index (χ1v) is 8.54. The smallest absolute Gasteiger partial charge is 0.126 e. The highest BCUT2D eigenvalue weighted by Crippen LogP contribution is 2.26. The van der Waals surface area contributed by atoms with Crippen LogP contribution in [0, 0.1) is 5.82 Å². The van der Waals surface area contributed by atoms with Crippen LogP contribution in [-0.4, -0.2) is 53.1 Å². The fourth-order valence-corrected chi connectivity index (χ4v) is 3.77. The van der Waals surface area contributed by atoms with Gasteiger partial charge in [0.05, 0.1) is 0 Å². The molecule has 0 amide bonds. The number of benzene rings is 1. The molecule has 5 heteroatoms. The quantitative estimate of drug-likeness (QED) is 0.863. The van der Waals surface area contributed by atoms with E-state index < -0.39 is 0 Å². The topological polar surface area (TPSA) is 28.6 Å². The Balaban J connectivity index is 1.34. The fourth-order valence-electron chi connectivity index (χ4n) is 3.77. The van der Waals surface area contributed by atoms with Crippen molar-refractivity contribution in [2.24, 2.45) is 0 Å². The molecule has 0 bridgehead atoms. The van der Waals surface area contributed by atoms with Crippen LogP contribution in [0.3, 0.4) is 0 Å². The van der Waals surface area contributed by atoms with E-state index in [4.69, 9.17) is 4.74 Å². The van der Waals surface area contributed by atoms with Gasteiger partial charge in [0, 0.05) is 63.6 Å². The van der Waals surface area contributed by atoms with Gasteiger partial charge in [-0.1, -0.05) is 12.1 Å². The van der Waals surface area contributed by atoms with Crippen molar-refractivity contribution >= 4 is 0 Å². The molecule has 0 aliphatic carbocycles. The molecule has 0 spiro atoms. The first-order valence-electron chi connectivity index (χ1n) is 8.54. The van der Waals surface area contributed by atoms with Crippen molar-refractivity contribution in [2.75, 3.05) is 26.2 Å². The Labute approximate surface area is 141 Å². The molecule has 126 valence electrons. The second-order valence-corrected chi connectivity index (χ2v) is 6.68. The Morgan fingerprint density at radius 2 is 2.12 bits per heavy atom. The van der Waals surface area contributed by atoms with Gasteiger partial charge in [-0.15, -0.1) is 0 Å². The Bertz CT molecular complexity index is 681. The second kappa shape index (κ2) is 6.87. The highest BCUT2D eigenvalue weighted by atomic mass is 19.1. The molecule has 4 nitrogen and oxygen atoms in total. The van der Waals surface area contributed by atoms with Gasteiger partial charge in [-0.25, -0.2) is 4.39 Å². The molecule has 0 unspecified atom stereocenters. The molecule has 2 aliphatic heterocycles. The number of ether oxygens (including phenoxy) is 1. The van der Waals surface area contributed by atoms with Crippen LogP contribution in [0.25, 0.3) is 0 Å². The van der Waals surface area contributed by atoms with E-state index in [-0.39, 0.29) is 11.9 Å². The lowest BCUT2D eigenvalue weighted by atomic mass is 10.1. The van der Waals surface area contributed by atoms with Gasteiger partial charge in [0.25, 0.3) is 0 Å². The van der Waals surface area contributed by atoms with E-state index in [1.54, 1.807) is 6.07 Å². The summed E-state index contributed by atoms with van der Waals surface area (Å²) in [7, 11) is 0. The van der Waals surface area contributed by atoms with E-state index >= 15 is 0 Å². The van der Waals surface area contributed by atoms with E-state index in [9.17, 15) is 4.39 Å². The van der Waals surface area contributed by atoms with Crippen molar-refractivity contribution in [3.8, 4) is 5.75 Å². The number of aromatic nitrogens is 1. The van der Waals surface area contributed by atoms with E-state index in [1.807, 2.05) is 24.5 Å². The van der Waals surface area contributed by atoms with Crippen molar-refractivity contribution in [3.63, 3.8) is 0 Å². The molecular formula is C19H22FN3O. The molecule has 2 fully saturated rings. The Morgan fingerprint density at radius 1 is 1.17 bits per heavy atom. The molecule has 24 heavy (non-hydrogen) atoms. The molecule has 0 saturated carbocycles. The van der Waals surface area contributed by atoms with E-state index in [0.717, 1.165) is 39.1 Å². The summed E-state index contributed by atoms with van der Waals surface area (Å²) < 4.78 is 19.3. The van der Waals surface area contributed by atoms with Crippen LogP contribution >= 0.6 is 0 Å². The zero-order valence-electron chi connectivity index (χ0n) is 13.6. The number of rotatable bonds is 4. The SMILES string of the molecule is Fc1cccc(O[C@H]2C[C@H]3CN(Cc4cccnc4)CCN3C2)c1. The minimum Gasteiger partial charge on any atom is -0.489 e. The van der Waals surface area contributed by atoms with E-state index in [2.05, 4.69) is 20.9 Å². The van der Waals surface area contributed by atoms with Crippen molar-refractivity contribution in [1.82, 2.24) is 14.8 Å². The maximum Gasteiger partial charge on any atom is 0.126 e. The first kappa shape index (κ1) is 15.5. The van der Waals surface area contributed by atoms with Crippen LogP contribution < -0.4 is 4.74 Å². The first-order chi connectivity index (χ1) is 11.8. The lowest BCUT2D eigenvalue weighted by Gasteiger charge is -2.37. The normalized spacial score (nSPS) is 24.7. The van der Waals surface area contributed by atoms with Gasteiger partial charge >= 0.3 is 0 Å². The fraction of sp³-hybridized carbons (Fsp3) is 0.421. The van der Waals surface area contributed by atoms with E-state index in [1.165, 1.54) is 17.7 Å². The number of hydrogen-bond acceptors (Lipinski definition) is 4. The summed E-state index contributed by atoms with van der Waals surface area (Å²) >= 11 is 0. The average Bonchev–Trinajstić information content (AvgIpc) is 2.97. The van der Waals surface area contributed by atoms with Gasteiger partial charge in [-0.2, -0.15) is 0 Å². The number of piperazine rings is 1. The highest BCUT2D eigenvalue weighted by molar-refractivity contribution is 5.23. The molecule has 4 rings (SSSR count). The molecule has 1 aromatic carbocycles. The van der Waals surface area contributed by atoms with Gasteiger partial charge in [-0.3, -0.25) is 14.8 Å². The van der Waals surface area contributed by atoms with Crippen LogP contribution in [0.4, 0.5) is 4.39 Å². The third-order valence-corrected chi connectivity index (χ3v) is 4.89. The Morgan fingerprint density at radius 3 is 2.96 bits per heavy atom. The van der Waals surface area contributed by atoms with Crippen LogP contribution in [0.2, 0.25) is 0 Å². The maximum absolute atomic E-state index is 13.3. The second-order valence-electron chi connectivity index (χ2n) is 6.68. The number of nitrogens with zero attached hydrogens (tertiary/aromatic N) is 3. The summed E-state index contributed by atoms with van der Waals surface area (Å²) in [6, 6.07) is 11.1. The minimum absolute atomic E-state index is 0.148. The molecule has 0 N–H and O–H groups in total. The third-order valence-electron chi connectivity index (χ3n) is 4.89. The summed E-state index contributed by atoms with van der Waals surface area (Å²) in [5, 5.41) is 0. The van der Waals surface area contributed by atoms with Crippen molar-refractivity contribution < 1.29 is 9.13 Å². The standard InChI is InChI=1S/C19H22FN3O/c20-16-4-1-5-18(9-16)24-19-10-17-13-22(7-8-23(17)14-19)12-15-3-2-6-21-11-15/h1-6,9,11,17,19H,7-8,10,12-14H2/t17-,19-/m0/s1.